The number of benzene rings is 1. The molecule has 0 bridgehead atoms. The molecule has 1 fully saturated rings. The van der Waals surface area contributed by atoms with Gasteiger partial charge in [-0.1, -0.05) is 0 Å². The number of hydrogen-bond acceptors (Lipinski definition) is 5. The molecule has 0 spiro atoms. The van der Waals surface area contributed by atoms with E-state index in [-0.39, 0.29) is 23.0 Å². The van der Waals surface area contributed by atoms with Crippen LogP contribution in [0.3, 0.4) is 0 Å². The summed E-state index contributed by atoms with van der Waals surface area (Å²) < 4.78 is 50.0. The van der Waals surface area contributed by atoms with Gasteiger partial charge < -0.3 is 19.4 Å². The number of furan rings is 1. The molecule has 34 heavy (non-hydrogen) atoms. The molecule has 3 amide bonds. The number of nitrogens with zero attached hydrogens (tertiary/aromatic N) is 1. The molecule has 1 aromatic carbocycles. The molecule has 11 heteroatoms. The number of carbonyl (C=O) groups excluding carboxylic acids is 3. The Bertz CT molecular complexity index is 1040. The van der Waals surface area contributed by atoms with Crippen molar-refractivity contribution in [2.24, 2.45) is 5.92 Å². The standard InChI is InChI=1S/C23H26F3N3O5/c1-22(2,3)34-21(32)28-16-7-6-15(23(24,25)26)13-17(16)27-19(30)14-8-10-29(11-9-14)20(31)18-5-4-12-33-18/h4-7,12-14H,8-11H2,1-3H3,(H,27,30)(H,28,32). The van der Waals surface area contributed by atoms with E-state index in [1.54, 1.807) is 37.8 Å². The second-order valence-electron chi connectivity index (χ2n) is 8.92. The molecule has 184 valence electrons. The second kappa shape index (κ2) is 9.78. The first-order valence-electron chi connectivity index (χ1n) is 10.7. The Hall–Kier alpha value is -3.50. The lowest BCUT2D eigenvalue weighted by Gasteiger charge is -2.31. The van der Waals surface area contributed by atoms with Crippen molar-refractivity contribution in [3.63, 3.8) is 0 Å². The van der Waals surface area contributed by atoms with E-state index >= 15 is 0 Å². The summed E-state index contributed by atoms with van der Waals surface area (Å²) >= 11 is 0. The van der Waals surface area contributed by atoms with Crippen LogP contribution in [0, 0.1) is 5.92 Å². The van der Waals surface area contributed by atoms with Crippen LogP contribution in [0.1, 0.15) is 49.7 Å². The fourth-order valence-corrected chi connectivity index (χ4v) is 3.48. The van der Waals surface area contributed by atoms with Crippen molar-refractivity contribution < 1.29 is 36.7 Å². The molecule has 0 aliphatic carbocycles. The van der Waals surface area contributed by atoms with Crippen molar-refractivity contribution in [3.05, 3.63) is 47.9 Å². The first-order valence-corrected chi connectivity index (χ1v) is 10.7. The van der Waals surface area contributed by atoms with Gasteiger partial charge in [0.15, 0.2) is 5.76 Å². The molecule has 0 saturated carbocycles. The molecule has 8 nitrogen and oxygen atoms in total. The summed E-state index contributed by atoms with van der Waals surface area (Å²) in [5, 5.41) is 4.89. The zero-order chi connectivity index (χ0) is 25.1. The number of anilines is 2. The Morgan fingerprint density at radius 1 is 1.03 bits per heavy atom. The van der Waals surface area contributed by atoms with Crippen LogP contribution >= 0.6 is 0 Å². The van der Waals surface area contributed by atoms with E-state index in [1.807, 2.05) is 0 Å². The zero-order valence-corrected chi connectivity index (χ0v) is 19.0. The fourth-order valence-electron chi connectivity index (χ4n) is 3.48. The third-order valence-electron chi connectivity index (χ3n) is 5.13. The minimum Gasteiger partial charge on any atom is -0.459 e. The van der Waals surface area contributed by atoms with E-state index in [0.29, 0.717) is 25.9 Å². The molecule has 1 saturated heterocycles. The number of piperidine rings is 1. The molecule has 0 radical (unpaired) electrons. The maximum atomic E-state index is 13.2. The number of likely N-dealkylation sites (tertiary alicyclic amines) is 1. The maximum Gasteiger partial charge on any atom is 0.416 e. The Balaban J connectivity index is 1.70. The normalized spacial score (nSPS) is 15.1. The van der Waals surface area contributed by atoms with Gasteiger partial charge >= 0.3 is 12.3 Å². The van der Waals surface area contributed by atoms with Crippen molar-refractivity contribution in [2.75, 3.05) is 23.7 Å². The summed E-state index contributed by atoms with van der Waals surface area (Å²) in [5.74, 6) is -1.11. The highest BCUT2D eigenvalue weighted by Crippen LogP contribution is 2.35. The third-order valence-corrected chi connectivity index (χ3v) is 5.13. The van der Waals surface area contributed by atoms with Crippen LogP contribution in [0.5, 0.6) is 0 Å². The lowest BCUT2D eigenvalue weighted by Crippen LogP contribution is -2.41. The molecule has 2 N–H and O–H groups in total. The average Bonchev–Trinajstić information content (AvgIpc) is 3.27. The first kappa shape index (κ1) is 25.1. The van der Waals surface area contributed by atoms with Crippen LogP contribution in [0.4, 0.5) is 29.3 Å². The molecular weight excluding hydrogens is 455 g/mol. The monoisotopic (exact) mass is 481 g/mol. The van der Waals surface area contributed by atoms with Gasteiger partial charge in [-0.15, -0.1) is 0 Å². The van der Waals surface area contributed by atoms with Crippen LogP contribution in [-0.4, -0.2) is 41.5 Å². The van der Waals surface area contributed by atoms with Crippen molar-refractivity contribution in [2.45, 2.75) is 45.4 Å². The van der Waals surface area contributed by atoms with Crippen molar-refractivity contribution >= 4 is 29.3 Å². The van der Waals surface area contributed by atoms with Gasteiger partial charge in [0.25, 0.3) is 5.91 Å². The fraction of sp³-hybridized carbons (Fsp3) is 0.435. The SMILES string of the molecule is CC(C)(C)OC(=O)Nc1ccc(C(F)(F)F)cc1NC(=O)C1CCN(C(=O)c2ccco2)CC1. The van der Waals surface area contributed by atoms with Gasteiger partial charge in [-0.3, -0.25) is 14.9 Å². The van der Waals surface area contributed by atoms with E-state index in [9.17, 15) is 27.6 Å². The van der Waals surface area contributed by atoms with Gasteiger partial charge in [-0.05, 0) is 63.9 Å². The van der Waals surface area contributed by atoms with Crippen LogP contribution in [0.2, 0.25) is 0 Å². The van der Waals surface area contributed by atoms with Gasteiger partial charge in [-0.2, -0.15) is 13.2 Å². The molecule has 0 unspecified atom stereocenters. The zero-order valence-electron chi connectivity index (χ0n) is 19.0. The van der Waals surface area contributed by atoms with Gasteiger partial charge in [0.1, 0.15) is 5.60 Å². The number of hydrogen-bond donors (Lipinski definition) is 2. The van der Waals surface area contributed by atoms with E-state index in [1.165, 1.54) is 6.26 Å². The van der Waals surface area contributed by atoms with Gasteiger partial charge in [0.2, 0.25) is 5.91 Å². The average molecular weight is 481 g/mol. The van der Waals surface area contributed by atoms with Gasteiger partial charge in [-0.25, -0.2) is 4.79 Å². The van der Waals surface area contributed by atoms with Crippen molar-refractivity contribution in [1.82, 2.24) is 4.90 Å². The van der Waals surface area contributed by atoms with E-state index < -0.39 is 35.3 Å². The molecule has 1 aromatic heterocycles. The summed E-state index contributed by atoms with van der Waals surface area (Å²) in [6.45, 7) is 5.52. The highest BCUT2D eigenvalue weighted by molar-refractivity contribution is 5.99. The largest absolute Gasteiger partial charge is 0.459 e. The van der Waals surface area contributed by atoms with Crippen molar-refractivity contribution in [3.8, 4) is 0 Å². The minimum atomic E-state index is -4.64. The Labute approximate surface area is 194 Å². The first-order chi connectivity index (χ1) is 15.8. The van der Waals surface area contributed by atoms with Gasteiger partial charge in [0.05, 0.1) is 23.2 Å². The lowest BCUT2D eigenvalue weighted by molar-refractivity contribution is -0.137. The van der Waals surface area contributed by atoms with E-state index in [2.05, 4.69) is 10.6 Å². The molecule has 2 aromatic rings. The smallest absolute Gasteiger partial charge is 0.416 e. The lowest BCUT2D eigenvalue weighted by atomic mass is 9.95. The number of amides is 3. The van der Waals surface area contributed by atoms with Gasteiger partial charge in [0, 0.05) is 19.0 Å². The summed E-state index contributed by atoms with van der Waals surface area (Å²) in [7, 11) is 0. The van der Waals surface area contributed by atoms with Crippen LogP contribution < -0.4 is 10.6 Å². The highest BCUT2D eigenvalue weighted by atomic mass is 19.4. The Kier molecular flexibility index (Phi) is 7.23. The minimum absolute atomic E-state index is 0.0268. The maximum absolute atomic E-state index is 13.2. The predicted octanol–water partition coefficient (Wildman–Crippen LogP) is 5.14. The number of rotatable bonds is 4. The number of carbonyl (C=O) groups is 3. The van der Waals surface area contributed by atoms with Crippen LogP contribution in [0.25, 0.3) is 0 Å². The number of ether oxygens (including phenoxy) is 1. The van der Waals surface area contributed by atoms with Crippen molar-refractivity contribution in [1.29, 1.82) is 0 Å². The van der Waals surface area contributed by atoms with E-state index in [0.717, 1.165) is 18.2 Å². The quantitative estimate of drug-likeness (QED) is 0.630. The molecule has 3 rings (SSSR count). The van der Waals surface area contributed by atoms with Crippen LogP contribution in [-0.2, 0) is 15.7 Å². The predicted molar refractivity (Wildman–Crippen MR) is 117 cm³/mol. The molecule has 0 atom stereocenters. The molecular formula is C23H26F3N3O5. The molecule has 1 aliphatic heterocycles. The third kappa shape index (κ3) is 6.52. The summed E-state index contributed by atoms with van der Waals surface area (Å²) in [4.78, 5) is 38.9. The summed E-state index contributed by atoms with van der Waals surface area (Å²) in [6, 6.07) is 5.79. The highest BCUT2D eigenvalue weighted by Gasteiger charge is 2.33. The Morgan fingerprint density at radius 3 is 2.26 bits per heavy atom. The number of halogens is 3. The topological polar surface area (TPSA) is 101 Å². The number of nitrogens with one attached hydrogen (secondary N) is 2. The second-order valence-corrected chi connectivity index (χ2v) is 8.92. The van der Waals surface area contributed by atoms with Crippen LogP contribution in [0.15, 0.2) is 41.0 Å². The Morgan fingerprint density at radius 2 is 1.71 bits per heavy atom. The summed E-state index contributed by atoms with van der Waals surface area (Å²) in [5.41, 5.74) is -2.02. The number of alkyl halides is 3. The van der Waals surface area contributed by atoms with E-state index in [4.69, 9.17) is 9.15 Å². The molecule has 1 aliphatic rings. The molecule has 2 heterocycles. The summed E-state index contributed by atoms with van der Waals surface area (Å²) in [6.07, 6.45) is -3.46.